The average molecular weight is 302 g/mol. The second-order valence-corrected chi connectivity index (χ2v) is 5.95. The van der Waals surface area contributed by atoms with E-state index in [1.165, 1.54) is 4.90 Å². The summed E-state index contributed by atoms with van der Waals surface area (Å²) < 4.78 is 10.9. The maximum Gasteiger partial charge on any atom is 1.00 e. The van der Waals surface area contributed by atoms with Gasteiger partial charge >= 0.3 is 29.6 Å². The van der Waals surface area contributed by atoms with Gasteiger partial charge in [0.15, 0.2) is 0 Å². The molecule has 108 valence electrons. The van der Waals surface area contributed by atoms with Crippen LogP contribution in [0.4, 0.5) is 0 Å². The van der Waals surface area contributed by atoms with Gasteiger partial charge in [-0.3, -0.25) is 9.69 Å². The number of hydrogen-bond donors (Lipinski definition) is 2. The summed E-state index contributed by atoms with van der Waals surface area (Å²) in [6.07, 6.45) is 3.13. The van der Waals surface area contributed by atoms with E-state index >= 15 is 0 Å². The molecule has 8 heteroatoms. The van der Waals surface area contributed by atoms with Crippen molar-refractivity contribution in [3.8, 4) is 0 Å². The standard InChI is InChI=1S/C11H25N2O4P.Na/c1-3-5-7-12-11(14)9-13(8-6-4-2)10-18(15,16)17;/h3-10H2,1-2H3,(H,12,14)(H2,15,16,17);/q;+1/p-1. The van der Waals surface area contributed by atoms with Crippen LogP contribution in [0.5, 0.6) is 0 Å². The molecule has 6 nitrogen and oxygen atoms in total. The van der Waals surface area contributed by atoms with Crippen molar-refractivity contribution in [1.29, 1.82) is 0 Å². The first-order chi connectivity index (χ1) is 8.39. The summed E-state index contributed by atoms with van der Waals surface area (Å²) in [5.41, 5.74) is 0. The van der Waals surface area contributed by atoms with Gasteiger partial charge in [0.05, 0.1) is 12.8 Å². The number of hydrogen-bond acceptors (Lipinski definition) is 4. The van der Waals surface area contributed by atoms with Gasteiger partial charge < -0.3 is 19.7 Å². The zero-order chi connectivity index (χ0) is 14.0. The second-order valence-electron chi connectivity index (χ2n) is 4.39. The quantitative estimate of drug-likeness (QED) is 0.265. The number of amides is 1. The fraction of sp³-hybridized carbons (Fsp3) is 0.909. The average Bonchev–Trinajstić information content (AvgIpc) is 2.24. The molecule has 0 rings (SSSR count). The van der Waals surface area contributed by atoms with Gasteiger partial charge in [0.2, 0.25) is 5.91 Å². The van der Waals surface area contributed by atoms with E-state index < -0.39 is 13.9 Å². The molecule has 1 unspecified atom stereocenters. The molecule has 0 aromatic carbocycles. The summed E-state index contributed by atoms with van der Waals surface area (Å²) >= 11 is 0. The summed E-state index contributed by atoms with van der Waals surface area (Å²) in [4.78, 5) is 32.7. The van der Waals surface area contributed by atoms with Crippen LogP contribution in [0.1, 0.15) is 39.5 Å². The molecule has 0 aliphatic rings. The van der Waals surface area contributed by atoms with Crippen LogP contribution < -0.4 is 39.8 Å². The number of carbonyl (C=O) groups is 1. The van der Waals surface area contributed by atoms with Gasteiger partial charge in [-0.2, -0.15) is 0 Å². The summed E-state index contributed by atoms with van der Waals surface area (Å²) in [5.74, 6) is -0.201. The molecule has 0 aliphatic carbocycles. The molecule has 19 heavy (non-hydrogen) atoms. The molecule has 0 aromatic heterocycles. The number of nitrogens with zero attached hydrogens (tertiary/aromatic N) is 1. The molecule has 0 aromatic rings. The summed E-state index contributed by atoms with van der Waals surface area (Å²) in [5, 5.41) is 2.72. The van der Waals surface area contributed by atoms with Gasteiger partial charge in [0, 0.05) is 6.54 Å². The topological polar surface area (TPSA) is 92.7 Å². The predicted octanol–water partition coefficient (Wildman–Crippen LogP) is -2.49. The fourth-order valence-corrected chi connectivity index (χ4v) is 2.24. The van der Waals surface area contributed by atoms with E-state index in [2.05, 4.69) is 5.32 Å². The molecule has 0 fully saturated rings. The van der Waals surface area contributed by atoms with Crippen LogP contribution in [0.2, 0.25) is 0 Å². The normalized spacial score (nSPS) is 13.7. The number of nitrogens with one attached hydrogen (secondary N) is 1. The van der Waals surface area contributed by atoms with Crippen LogP contribution in [0, 0.1) is 0 Å². The van der Waals surface area contributed by atoms with Crippen molar-refractivity contribution in [3.63, 3.8) is 0 Å². The first kappa shape index (κ1) is 21.9. The molecule has 1 atom stereocenters. The Morgan fingerprint density at radius 2 is 1.89 bits per heavy atom. The molecule has 0 saturated carbocycles. The Morgan fingerprint density at radius 3 is 2.37 bits per heavy atom. The minimum atomic E-state index is -4.35. The number of unbranched alkanes of at least 4 members (excludes halogenated alkanes) is 2. The van der Waals surface area contributed by atoms with E-state index in [1.54, 1.807) is 0 Å². The Hall–Kier alpha value is 0.580. The van der Waals surface area contributed by atoms with Crippen LogP contribution in [0.15, 0.2) is 0 Å². The number of rotatable bonds is 10. The van der Waals surface area contributed by atoms with Crippen LogP contribution in [-0.2, 0) is 9.36 Å². The molecular formula is C11H24N2NaO4P. The first-order valence-electron chi connectivity index (χ1n) is 6.41. The van der Waals surface area contributed by atoms with Crippen molar-refractivity contribution in [1.82, 2.24) is 10.2 Å². The minimum Gasteiger partial charge on any atom is -0.778 e. The molecular weight excluding hydrogens is 278 g/mol. The minimum absolute atomic E-state index is 0. The third kappa shape index (κ3) is 14.8. The summed E-state index contributed by atoms with van der Waals surface area (Å²) in [7, 11) is -4.35. The van der Waals surface area contributed by atoms with E-state index in [9.17, 15) is 14.3 Å². The maximum atomic E-state index is 11.6. The Kier molecular flexibility index (Phi) is 14.2. The molecule has 2 N–H and O–H groups in total. The molecule has 0 radical (unpaired) electrons. The van der Waals surface area contributed by atoms with Crippen LogP contribution >= 0.6 is 7.60 Å². The number of carbonyl (C=O) groups excluding carboxylic acids is 1. The van der Waals surface area contributed by atoms with Gasteiger partial charge in [0.25, 0.3) is 0 Å². The van der Waals surface area contributed by atoms with Crippen molar-refractivity contribution >= 4 is 13.5 Å². The monoisotopic (exact) mass is 302 g/mol. The molecule has 0 bridgehead atoms. The van der Waals surface area contributed by atoms with Crippen molar-refractivity contribution < 1.29 is 48.7 Å². The largest absolute Gasteiger partial charge is 1.00 e. The SMILES string of the molecule is CCCCNC(=O)CN(CCCC)CP(=O)([O-])O.[Na+]. The molecule has 1 amide bonds. The van der Waals surface area contributed by atoms with E-state index in [0.29, 0.717) is 13.1 Å². The van der Waals surface area contributed by atoms with Crippen LogP contribution in [0.25, 0.3) is 0 Å². The van der Waals surface area contributed by atoms with Crippen molar-refractivity contribution in [2.75, 3.05) is 25.9 Å². The Morgan fingerprint density at radius 1 is 1.32 bits per heavy atom. The van der Waals surface area contributed by atoms with Gasteiger partial charge in [-0.25, -0.2) is 0 Å². The fourth-order valence-electron chi connectivity index (χ4n) is 1.50. The van der Waals surface area contributed by atoms with Gasteiger partial charge in [-0.05, 0) is 19.4 Å². The van der Waals surface area contributed by atoms with Crippen LogP contribution in [-0.4, -0.2) is 41.6 Å². The third-order valence-electron chi connectivity index (χ3n) is 2.43. The molecule has 0 spiro atoms. The van der Waals surface area contributed by atoms with Crippen molar-refractivity contribution in [2.24, 2.45) is 0 Å². The van der Waals surface area contributed by atoms with E-state index in [0.717, 1.165) is 25.7 Å². The van der Waals surface area contributed by atoms with E-state index in [-0.39, 0.29) is 42.0 Å². The van der Waals surface area contributed by atoms with Crippen molar-refractivity contribution in [2.45, 2.75) is 39.5 Å². The van der Waals surface area contributed by atoms with Crippen molar-refractivity contribution in [3.05, 3.63) is 0 Å². The molecule has 0 saturated heterocycles. The maximum absolute atomic E-state index is 11.6. The predicted molar refractivity (Wildman–Crippen MR) is 69.1 cm³/mol. The Labute approximate surface area is 137 Å². The second kappa shape index (κ2) is 12.3. The third-order valence-corrected chi connectivity index (χ3v) is 3.18. The van der Waals surface area contributed by atoms with E-state index in [4.69, 9.17) is 4.89 Å². The first-order valence-corrected chi connectivity index (χ1v) is 8.17. The zero-order valence-corrected chi connectivity index (χ0v) is 15.1. The van der Waals surface area contributed by atoms with Gasteiger partial charge in [0.1, 0.15) is 7.60 Å². The molecule has 0 aliphatic heterocycles. The molecule has 0 heterocycles. The Balaban J connectivity index is 0. The smallest absolute Gasteiger partial charge is 0.778 e. The van der Waals surface area contributed by atoms with Gasteiger partial charge in [-0.15, -0.1) is 0 Å². The summed E-state index contributed by atoms with van der Waals surface area (Å²) in [6.45, 7) is 5.11. The zero-order valence-electron chi connectivity index (χ0n) is 12.2. The van der Waals surface area contributed by atoms with Gasteiger partial charge in [-0.1, -0.05) is 26.7 Å². The van der Waals surface area contributed by atoms with E-state index in [1.807, 2.05) is 13.8 Å². The van der Waals surface area contributed by atoms with Crippen LogP contribution in [0.3, 0.4) is 0 Å². The Bertz CT molecular complexity index is 286. The summed E-state index contributed by atoms with van der Waals surface area (Å²) in [6, 6.07) is 0.